The Hall–Kier alpha value is -3.28. The zero-order chi connectivity index (χ0) is 21.2. The van der Waals surface area contributed by atoms with Crippen molar-refractivity contribution in [3.05, 3.63) is 72.3 Å². The average Bonchev–Trinajstić information content (AvgIpc) is 3.00. The molecule has 1 unspecified atom stereocenters. The number of anilines is 1. The first-order valence-corrected chi connectivity index (χ1v) is 10.3. The molecule has 1 fully saturated rings. The van der Waals surface area contributed by atoms with Gasteiger partial charge < -0.3 is 0 Å². The van der Waals surface area contributed by atoms with E-state index in [4.69, 9.17) is 5.26 Å². The summed E-state index contributed by atoms with van der Waals surface area (Å²) in [6.07, 6.45) is 1.12. The lowest BCUT2D eigenvalue weighted by atomic mass is 10.2. The molecule has 1 aliphatic rings. The molecule has 3 rings (SSSR count). The molecular formula is C21H19N3O4S. The molecule has 0 saturated carbocycles. The fourth-order valence-corrected chi connectivity index (χ4v) is 4.72. The van der Waals surface area contributed by atoms with Gasteiger partial charge in [-0.3, -0.25) is 9.59 Å². The molecule has 1 aliphatic heterocycles. The van der Waals surface area contributed by atoms with Gasteiger partial charge in [-0.15, -0.1) is 6.58 Å². The lowest BCUT2D eigenvalue weighted by molar-refractivity contribution is -0.122. The van der Waals surface area contributed by atoms with Crippen LogP contribution in [0.5, 0.6) is 0 Å². The Morgan fingerprint density at radius 3 is 2.34 bits per heavy atom. The van der Waals surface area contributed by atoms with Crippen molar-refractivity contribution >= 4 is 27.5 Å². The topological polar surface area (TPSA) is 98.5 Å². The summed E-state index contributed by atoms with van der Waals surface area (Å²) in [7, 11) is -4.02. The Morgan fingerprint density at radius 1 is 1.17 bits per heavy atom. The number of rotatable bonds is 6. The number of hydrogen-bond acceptors (Lipinski definition) is 5. The fraction of sp³-hybridized carbons (Fsp3) is 0.190. The monoisotopic (exact) mass is 409 g/mol. The molecule has 0 N–H and O–H groups in total. The number of benzene rings is 2. The molecule has 8 heteroatoms. The quantitative estimate of drug-likeness (QED) is 0.539. The molecule has 0 bridgehead atoms. The lowest BCUT2D eigenvalue weighted by Gasteiger charge is -2.25. The molecule has 2 amide bonds. The smallest absolute Gasteiger partial charge is 0.252 e. The Labute approximate surface area is 169 Å². The first-order valence-electron chi connectivity index (χ1n) is 8.86. The molecule has 0 aromatic heterocycles. The zero-order valence-electron chi connectivity index (χ0n) is 15.8. The van der Waals surface area contributed by atoms with Crippen LogP contribution in [0.25, 0.3) is 0 Å². The van der Waals surface area contributed by atoms with Gasteiger partial charge in [0.05, 0.1) is 28.6 Å². The first-order chi connectivity index (χ1) is 13.8. The normalized spacial score (nSPS) is 16.9. The minimum atomic E-state index is -4.02. The standard InChI is InChI=1S/C21H19N3O4S/c1-3-12-23(29(27,28)18-10-4-15(2)5-11-18)19-13-20(25)24(21(19)26)17-8-6-16(14-22)7-9-17/h3-11,19H,1,12-13H2,2H3. The molecule has 7 nitrogen and oxygen atoms in total. The van der Waals surface area contributed by atoms with Crippen LogP contribution < -0.4 is 4.90 Å². The Bertz CT molecular complexity index is 1100. The van der Waals surface area contributed by atoms with E-state index >= 15 is 0 Å². The van der Waals surface area contributed by atoms with E-state index in [9.17, 15) is 18.0 Å². The predicted molar refractivity (Wildman–Crippen MR) is 107 cm³/mol. The van der Waals surface area contributed by atoms with Crippen molar-refractivity contribution < 1.29 is 18.0 Å². The van der Waals surface area contributed by atoms with E-state index in [-0.39, 0.29) is 17.9 Å². The highest BCUT2D eigenvalue weighted by Crippen LogP contribution is 2.29. The van der Waals surface area contributed by atoms with Crippen molar-refractivity contribution in [3.63, 3.8) is 0 Å². The van der Waals surface area contributed by atoms with E-state index in [2.05, 4.69) is 6.58 Å². The third-order valence-corrected chi connectivity index (χ3v) is 6.55. The third-order valence-electron chi connectivity index (χ3n) is 4.66. The van der Waals surface area contributed by atoms with Crippen LogP contribution in [0, 0.1) is 18.3 Å². The van der Waals surface area contributed by atoms with Gasteiger partial charge in [-0.25, -0.2) is 13.3 Å². The summed E-state index contributed by atoms with van der Waals surface area (Å²) in [4.78, 5) is 26.6. The molecule has 2 aromatic rings. The fourth-order valence-electron chi connectivity index (χ4n) is 3.16. The summed E-state index contributed by atoms with van der Waals surface area (Å²) in [6, 6.07) is 13.1. The molecule has 2 aromatic carbocycles. The van der Waals surface area contributed by atoms with Crippen molar-refractivity contribution in [1.29, 1.82) is 5.26 Å². The van der Waals surface area contributed by atoms with Crippen molar-refractivity contribution in [2.45, 2.75) is 24.3 Å². The maximum absolute atomic E-state index is 13.2. The summed E-state index contributed by atoms with van der Waals surface area (Å²) in [6.45, 7) is 5.32. The molecule has 1 heterocycles. The summed E-state index contributed by atoms with van der Waals surface area (Å²) < 4.78 is 27.3. The number of sulfonamides is 1. The van der Waals surface area contributed by atoms with Gasteiger partial charge in [0.25, 0.3) is 5.91 Å². The second-order valence-electron chi connectivity index (χ2n) is 6.62. The van der Waals surface area contributed by atoms with Gasteiger partial charge >= 0.3 is 0 Å². The first kappa shape index (κ1) is 20.5. The van der Waals surface area contributed by atoms with Crippen molar-refractivity contribution in [1.82, 2.24) is 4.31 Å². The van der Waals surface area contributed by atoms with Gasteiger partial charge in [0.1, 0.15) is 6.04 Å². The molecule has 29 heavy (non-hydrogen) atoms. The third kappa shape index (κ3) is 3.83. The largest absolute Gasteiger partial charge is 0.274 e. The van der Waals surface area contributed by atoms with Crippen molar-refractivity contribution in [2.24, 2.45) is 0 Å². The van der Waals surface area contributed by atoms with Crippen LogP contribution >= 0.6 is 0 Å². The Morgan fingerprint density at radius 2 is 1.79 bits per heavy atom. The summed E-state index contributed by atoms with van der Waals surface area (Å²) in [5.74, 6) is -1.13. The molecule has 1 saturated heterocycles. The maximum atomic E-state index is 13.2. The highest BCUT2D eigenvalue weighted by atomic mass is 32.2. The highest BCUT2D eigenvalue weighted by molar-refractivity contribution is 7.89. The minimum Gasteiger partial charge on any atom is -0.274 e. The van der Waals surface area contributed by atoms with E-state index in [0.717, 1.165) is 14.8 Å². The number of carbonyl (C=O) groups is 2. The van der Waals surface area contributed by atoms with Gasteiger partial charge in [0.15, 0.2) is 0 Å². The second-order valence-corrected chi connectivity index (χ2v) is 8.51. The summed E-state index contributed by atoms with van der Waals surface area (Å²) in [5, 5.41) is 8.91. The van der Waals surface area contributed by atoms with Crippen molar-refractivity contribution in [2.75, 3.05) is 11.4 Å². The predicted octanol–water partition coefficient (Wildman–Crippen LogP) is 2.38. The van der Waals surface area contributed by atoms with Crippen LogP contribution in [0.15, 0.2) is 66.1 Å². The second kappa shape index (κ2) is 7.99. The lowest BCUT2D eigenvalue weighted by Crippen LogP contribution is -2.45. The van der Waals surface area contributed by atoms with Crippen LogP contribution in [-0.4, -0.2) is 37.1 Å². The van der Waals surface area contributed by atoms with Gasteiger partial charge in [-0.1, -0.05) is 23.8 Å². The molecule has 148 valence electrons. The van der Waals surface area contributed by atoms with Crippen LogP contribution in [0.3, 0.4) is 0 Å². The van der Waals surface area contributed by atoms with Crippen LogP contribution in [0.4, 0.5) is 5.69 Å². The number of amides is 2. The minimum absolute atomic E-state index is 0.0435. The van der Waals surface area contributed by atoms with E-state index in [1.165, 1.54) is 42.5 Å². The van der Waals surface area contributed by atoms with Crippen LogP contribution in [0.2, 0.25) is 0 Å². The van der Waals surface area contributed by atoms with Gasteiger partial charge in [-0.05, 0) is 43.3 Å². The average molecular weight is 409 g/mol. The number of nitrogens with zero attached hydrogens (tertiary/aromatic N) is 3. The molecule has 0 radical (unpaired) electrons. The van der Waals surface area contributed by atoms with E-state index in [0.29, 0.717) is 11.3 Å². The van der Waals surface area contributed by atoms with E-state index in [1.54, 1.807) is 12.1 Å². The number of hydrogen-bond donors (Lipinski definition) is 0. The Kier molecular flexibility index (Phi) is 5.64. The summed E-state index contributed by atoms with van der Waals surface area (Å²) in [5.41, 5.74) is 1.59. The van der Waals surface area contributed by atoms with Gasteiger partial charge in [0.2, 0.25) is 15.9 Å². The Balaban J connectivity index is 1.97. The molecule has 1 atom stereocenters. The maximum Gasteiger partial charge on any atom is 0.252 e. The number of nitriles is 1. The number of aryl methyl sites for hydroxylation is 1. The van der Waals surface area contributed by atoms with Crippen LogP contribution in [0.1, 0.15) is 17.5 Å². The van der Waals surface area contributed by atoms with Gasteiger partial charge in [-0.2, -0.15) is 9.57 Å². The molecular weight excluding hydrogens is 390 g/mol. The summed E-state index contributed by atoms with van der Waals surface area (Å²) >= 11 is 0. The van der Waals surface area contributed by atoms with Crippen molar-refractivity contribution in [3.8, 4) is 6.07 Å². The SMILES string of the molecule is C=CCN(C1CC(=O)N(c2ccc(C#N)cc2)C1=O)S(=O)(=O)c1ccc(C)cc1. The highest BCUT2D eigenvalue weighted by Gasteiger charge is 2.46. The van der Waals surface area contributed by atoms with E-state index in [1.807, 2.05) is 13.0 Å². The van der Waals surface area contributed by atoms with Crippen LogP contribution in [-0.2, 0) is 19.6 Å². The number of carbonyl (C=O) groups excluding carboxylic acids is 2. The van der Waals surface area contributed by atoms with Gasteiger partial charge in [0, 0.05) is 6.54 Å². The number of imide groups is 1. The molecule has 0 spiro atoms. The zero-order valence-corrected chi connectivity index (χ0v) is 16.6. The van der Waals surface area contributed by atoms with E-state index < -0.39 is 27.9 Å². The molecule has 0 aliphatic carbocycles.